The lowest BCUT2D eigenvalue weighted by molar-refractivity contribution is -0.118. The molecule has 1 saturated carbocycles. The Labute approximate surface area is 281 Å². The molecule has 3 aromatic carbocycles. The number of carbonyl (C=O) groups excluding carboxylic acids is 2. The second-order valence-corrected chi connectivity index (χ2v) is 13.3. The van der Waals surface area contributed by atoms with Gasteiger partial charge in [-0.25, -0.2) is 9.97 Å². The van der Waals surface area contributed by atoms with Crippen molar-refractivity contribution in [3.8, 4) is 33.5 Å². The summed E-state index contributed by atoms with van der Waals surface area (Å²) in [5.74, 6) is -0.674. The van der Waals surface area contributed by atoms with Gasteiger partial charge in [0.15, 0.2) is 11.3 Å². The normalized spacial score (nSPS) is 20.2. The molecule has 9 heteroatoms. The summed E-state index contributed by atoms with van der Waals surface area (Å²) < 4.78 is 1.78. The molecule has 49 heavy (non-hydrogen) atoms. The van der Waals surface area contributed by atoms with Crippen LogP contribution >= 0.6 is 0 Å². The summed E-state index contributed by atoms with van der Waals surface area (Å²) in [6.45, 7) is 3.68. The van der Waals surface area contributed by atoms with Gasteiger partial charge in [0, 0.05) is 65.1 Å². The number of hydrogen-bond donors (Lipinski definition) is 1. The number of carbonyl (C=O) groups is 2. The number of nitrogens with zero attached hydrogens (tertiary/aromatic N) is 6. The van der Waals surface area contributed by atoms with E-state index in [1.54, 1.807) is 41.9 Å². The topological polar surface area (TPSA) is 114 Å². The number of rotatable bonds is 5. The fourth-order valence-electron chi connectivity index (χ4n) is 7.86. The predicted molar refractivity (Wildman–Crippen MR) is 186 cm³/mol. The van der Waals surface area contributed by atoms with Gasteiger partial charge in [0.1, 0.15) is 0 Å². The molecule has 0 spiro atoms. The second kappa shape index (κ2) is 10.5. The van der Waals surface area contributed by atoms with E-state index in [0.29, 0.717) is 22.4 Å². The van der Waals surface area contributed by atoms with Gasteiger partial charge >= 0.3 is 0 Å². The van der Waals surface area contributed by atoms with Gasteiger partial charge in [-0.3, -0.25) is 19.5 Å². The lowest BCUT2D eigenvalue weighted by Gasteiger charge is -2.55. The van der Waals surface area contributed by atoms with Crippen LogP contribution in [-0.4, -0.2) is 52.0 Å². The van der Waals surface area contributed by atoms with Crippen molar-refractivity contribution in [3.63, 3.8) is 0 Å². The molecule has 0 unspecified atom stereocenters. The summed E-state index contributed by atoms with van der Waals surface area (Å²) in [5, 5.41) is 16.6. The molecule has 4 aromatic heterocycles. The van der Waals surface area contributed by atoms with E-state index in [1.807, 2.05) is 80.0 Å². The first-order chi connectivity index (χ1) is 23.7. The summed E-state index contributed by atoms with van der Waals surface area (Å²) in [5.41, 5.74) is 7.06. The van der Waals surface area contributed by atoms with Crippen LogP contribution in [0.5, 0.6) is 0 Å². The molecule has 0 atom stereocenters. The fraction of sp³-hybridized carbons (Fsp3) is 0.150. The highest BCUT2D eigenvalue weighted by Gasteiger charge is 2.60. The third kappa shape index (κ3) is 4.36. The third-order valence-electron chi connectivity index (χ3n) is 9.83. The Morgan fingerprint density at radius 2 is 1.43 bits per heavy atom. The average Bonchev–Trinajstić information content (AvgIpc) is 3.62. The number of benzene rings is 3. The lowest BCUT2D eigenvalue weighted by Crippen LogP contribution is -2.63. The average molecular weight is 643 g/mol. The number of aliphatic hydroxyl groups is 1. The predicted octanol–water partition coefficient (Wildman–Crippen LogP) is 7.02. The Bertz CT molecular complexity index is 2430. The molecular weight excluding hydrogens is 612 g/mol. The summed E-state index contributed by atoms with van der Waals surface area (Å²) >= 11 is 0. The van der Waals surface area contributed by atoms with E-state index in [4.69, 9.17) is 15.1 Å². The number of aryl methyl sites for hydroxylation is 1. The van der Waals surface area contributed by atoms with Gasteiger partial charge in [-0.2, -0.15) is 9.61 Å². The van der Waals surface area contributed by atoms with Crippen LogP contribution in [0, 0.1) is 6.92 Å². The van der Waals surface area contributed by atoms with Crippen LogP contribution in [0.4, 0.5) is 0 Å². The number of imide groups is 1. The molecule has 9 rings (SSSR count). The summed E-state index contributed by atoms with van der Waals surface area (Å²) in [6, 6.07) is 30.8. The van der Waals surface area contributed by atoms with Crippen molar-refractivity contribution in [3.05, 3.63) is 138 Å². The maximum absolute atomic E-state index is 13.7. The summed E-state index contributed by atoms with van der Waals surface area (Å²) in [4.78, 5) is 43.3. The van der Waals surface area contributed by atoms with Crippen LogP contribution in [0.1, 0.15) is 51.7 Å². The number of pyridine rings is 2. The molecule has 5 heterocycles. The fourth-order valence-corrected chi connectivity index (χ4v) is 7.86. The van der Waals surface area contributed by atoms with Gasteiger partial charge in [-0.15, -0.1) is 0 Å². The van der Waals surface area contributed by atoms with Crippen molar-refractivity contribution in [2.24, 2.45) is 0 Å². The van der Waals surface area contributed by atoms with Gasteiger partial charge < -0.3 is 5.11 Å². The Hall–Kier alpha value is -6.06. The molecule has 2 amide bonds. The van der Waals surface area contributed by atoms with Crippen LogP contribution in [0.3, 0.4) is 0 Å². The largest absolute Gasteiger partial charge is 0.390 e. The van der Waals surface area contributed by atoms with Gasteiger partial charge in [-0.05, 0) is 43.2 Å². The Morgan fingerprint density at radius 1 is 0.755 bits per heavy atom. The Morgan fingerprint density at radius 3 is 2.08 bits per heavy atom. The van der Waals surface area contributed by atoms with Crippen molar-refractivity contribution < 1.29 is 14.7 Å². The molecule has 2 aliphatic rings. The molecule has 1 aliphatic carbocycles. The van der Waals surface area contributed by atoms with E-state index in [2.05, 4.69) is 17.1 Å². The highest BCUT2D eigenvalue weighted by Crippen LogP contribution is 2.55. The first-order valence-electron chi connectivity index (χ1n) is 16.2. The minimum absolute atomic E-state index is 0.239. The Kier molecular flexibility index (Phi) is 6.22. The molecule has 1 N–H and O–H groups in total. The number of hydrogen-bond acceptors (Lipinski definition) is 7. The van der Waals surface area contributed by atoms with Crippen molar-refractivity contribution in [1.82, 2.24) is 29.5 Å². The maximum Gasteiger partial charge on any atom is 0.262 e. The summed E-state index contributed by atoms with van der Waals surface area (Å²) in [6.07, 6.45) is 5.94. The van der Waals surface area contributed by atoms with E-state index in [-0.39, 0.29) is 24.7 Å². The van der Waals surface area contributed by atoms with Crippen LogP contribution in [0.2, 0.25) is 0 Å². The first kappa shape index (κ1) is 29.1. The van der Waals surface area contributed by atoms with Crippen LogP contribution in [0.15, 0.2) is 116 Å². The smallest absolute Gasteiger partial charge is 0.262 e. The van der Waals surface area contributed by atoms with Crippen molar-refractivity contribution in [1.29, 1.82) is 0 Å². The molecular formula is C40H30N6O3. The quantitative estimate of drug-likeness (QED) is 0.201. The first-order valence-corrected chi connectivity index (χ1v) is 16.2. The SMILES string of the molecule is Cc1cc2ncc3c(-c4cccnc4)c(-c4ccccc4)c(-c4ccc(C5(N6C(=O)c7ccccc7C6=O)CC(C)(O)C5)cc4)nc3n2n1. The molecule has 9 nitrogen and oxygen atoms in total. The van der Waals surface area contributed by atoms with E-state index < -0.39 is 11.1 Å². The van der Waals surface area contributed by atoms with Gasteiger partial charge in [0.25, 0.3) is 11.8 Å². The standard InChI is InChI=1S/C40H30N6O3/c1-24-19-32-42-21-31-33(27-11-8-18-41-20-27)34(25-9-4-3-5-10-25)35(43-36(31)46(32)44-24)26-14-16-28(17-15-26)40(22-39(2,49)23-40)45-37(47)29-12-6-7-13-30(29)38(45)48/h3-21,49H,22-23H2,1-2H3. The molecule has 1 fully saturated rings. The van der Waals surface area contributed by atoms with Crippen LogP contribution < -0.4 is 0 Å². The van der Waals surface area contributed by atoms with Gasteiger partial charge in [0.05, 0.1) is 33.7 Å². The van der Waals surface area contributed by atoms with Gasteiger partial charge in [-0.1, -0.05) is 72.8 Å². The number of amides is 2. The minimum atomic E-state index is -1.02. The zero-order valence-corrected chi connectivity index (χ0v) is 26.8. The van der Waals surface area contributed by atoms with E-state index >= 15 is 0 Å². The van der Waals surface area contributed by atoms with Gasteiger partial charge in [0.2, 0.25) is 0 Å². The lowest BCUT2D eigenvalue weighted by atomic mass is 9.61. The molecule has 0 bridgehead atoms. The van der Waals surface area contributed by atoms with E-state index in [1.165, 1.54) is 4.90 Å². The number of aromatic nitrogens is 5. The Balaban J connectivity index is 1.26. The molecule has 0 radical (unpaired) electrons. The molecule has 1 aliphatic heterocycles. The second-order valence-electron chi connectivity index (χ2n) is 13.3. The maximum atomic E-state index is 13.7. The number of fused-ring (bicyclic) bond motifs is 4. The zero-order chi connectivity index (χ0) is 33.5. The monoisotopic (exact) mass is 642 g/mol. The molecule has 0 saturated heterocycles. The van der Waals surface area contributed by atoms with Crippen LogP contribution in [-0.2, 0) is 5.54 Å². The van der Waals surface area contributed by atoms with Crippen molar-refractivity contribution in [2.45, 2.75) is 37.8 Å². The van der Waals surface area contributed by atoms with E-state index in [9.17, 15) is 14.7 Å². The zero-order valence-electron chi connectivity index (χ0n) is 26.8. The highest BCUT2D eigenvalue weighted by molar-refractivity contribution is 6.22. The summed E-state index contributed by atoms with van der Waals surface area (Å²) in [7, 11) is 0. The molecule has 238 valence electrons. The highest BCUT2D eigenvalue weighted by atomic mass is 16.3. The third-order valence-corrected chi connectivity index (χ3v) is 9.83. The van der Waals surface area contributed by atoms with Crippen LogP contribution in [0.25, 0.3) is 50.2 Å². The van der Waals surface area contributed by atoms with E-state index in [0.717, 1.165) is 50.2 Å². The minimum Gasteiger partial charge on any atom is -0.390 e. The molecule has 7 aromatic rings. The van der Waals surface area contributed by atoms with Crippen molar-refractivity contribution >= 4 is 28.5 Å². The van der Waals surface area contributed by atoms with Crippen molar-refractivity contribution in [2.75, 3.05) is 0 Å².